The van der Waals surface area contributed by atoms with Gasteiger partial charge in [0.2, 0.25) is 0 Å². The summed E-state index contributed by atoms with van der Waals surface area (Å²) in [4.78, 5) is 2.57. The molecule has 4 aliphatic heterocycles. The van der Waals surface area contributed by atoms with Crippen LogP contribution in [0.1, 0.15) is 0 Å². The van der Waals surface area contributed by atoms with Crippen molar-refractivity contribution in [1.82, 2.24) is 13.7 Å². The number of rotatable bonds is 4. The predicted octanol–water partition coefficient (Wildman–Crippen LogP) is 12.1. The Kier molecular flexibility index (Phi) is 6.97. The monoisotopic (exact) mass is 908 g/mol. The van der Waals surface area contributed by atoms with E-state index in [-0.39, 0.29) is 13.4 Å². The minimum Gasteiger partial charge on any atom is -0.311 e. The van der Waals surface area contributed by atoms with Crippen molar-refractivity contribution in [2.45, 2.75) is 0 Å². The predicted molar refractivity (Wildman–Crippen MR) is 304 cm³/mol. The van der Waals surface area contributed by atoms with Crippen LogP contribution >= 0.6 is 0 Å². The van der Waals surface area contributed by atoms with Crippen LogP contribution in [0.3, 0.4) is 0 Å². The fourth-order valence-corrected chi connectivity index (χ4v) is 14.3. The lowest BCUT2D eigenvalue weighted by molar-refractivity contribution is 1.14. The maximum Gasteiger partial charge on any atom is 0.252 e. The Morgan fingerprint density at radius 1 is 0.278 bits per heavy atom. The minimum absolute atomic E-state index is 0.00983. The molecule has 328 valence electrons. The van der Waals surface area contributed by atoms with Crippen LogP contribution in [0.5, 0.6) is 0 Å². The van der Waals surface area contributed by atoms with Crippen LogP contribution in [-0.2, 0) is 0 Å². The molecule has 0 saturated heterocycles. The fraction of sp³-hybridized carbons (Fsp3) is 0. The molecule has 11 aromatic carbocycles. The molecule has 7 heterocycles. The number of hydrogen-bond donors (Lipinski definition) is 0. The topological polar surface area (TPSA) is 18.0 Å². The molecule has 6 heteroatoms. The average Bonchev–Trinajstić information content (AvgIpc) is 4.10. The molecular formula is C66H38B2N4. The summed E-state index contributed by atoms with van der Waals surface area (Å²) >= 11 is 0. The summed E-state index contributed by atoms with van der Waals surface area (Å²) in [5, 5.41) is 7.74. The van der Waals surface area contributed by atoms with Crippen molar-refractivity contribution in [3.05, 3.63) is 231 Å². The normalized spacial score (nSPS) is 13.5. The molecule has 0 spiro atoms. The highest BCUT2D eigenvalue weighted by Crippen LogP contribution is 2.48. The van der Waals surface area contributed by atoms with Crippen LogP contribution in [0.4, 0.5) is 17.1 Å². The van der Waals surface area contributed by atoms with E-state index in [9.17, 15) is 0 Å². The Morgan fingerprint density at radius 3 is 1.44 bits per heavy atom. The molecule has 0 aliphatic carbocycles. The van der Waals surface area contributed by atoms with E-state index in [4.69, 9.17) is 0 Å². The Hall–Kier alpha value is -9.25. The first-order valence-corrected chi connectivity index (χ1v) is 25.3. The summed E-state index contributed by atoms with van der Waals surface area (Å²) in [7, 11) is 0. The van der Waals surface area contributed by atoms with Crippen molar-refractivity contribution in [2.24, 2.45) is 0 Å². The summed E-state index contributed by atoms with van der Waals surface area (Å²) in [6.45, 7) is -0.0756. The Balaban J connectivity index is 1.10. The highest BCUT2D eigenvalue weighted by atomic mass is 15.2. The number of benzene rings is 11. The molecule has 4 nitrogen and oxygen atoms in total. The number of anilines is 3. The number of hydrogen-bond acceptors (Lipinski definition) is 1. The van der Waals surface area contributed by atoms with Gasteiger partial charge in [-0.2, -0.15) is 0 Å². The summed E-state index contributed by atoms with van der Waals surface area (Å²) < 4.78 is 7.95. The fourth-order valence-electron chi connectivity index (χ4n) is 14.3. The number of aromatic nitrogens is 3. The number of para-hydroxylation sites is 5. The summed E-state index contributed by atoms with van der Waals surface area (Å²) in [5.41, 5.74) is 28.2. The zero-order valence-corrected chi connectivity index (χ0v) is 38.9. The van der Waals surface area contributed by atoms with Gasteiger partial charge in [-0.15, -0.1) is 0 Å². The third-order valence-corrected chi connectivity index (χ3v) is 16.9. The van der Waals surface area contributed by atoms with E-state index in [0.717, 1.165) is 5.69 Å². The Morgan fingerprint density at radius 2 is 0.778 bits per heavy atom. The maximum atomic E-state index is 2.74. The van der Waals surface area contributed by atoms with Gasteiger partial charge in [0, 0.05) is 77.5 Å². The molecule has 0 unspecified atom stereocenters. The van der Waals surface area contributed by atoms with Crippen LogP contribution in [-0.4, -0.2) is 27.1 Å². The first kappa shape index (κ1) is 37.6. The van der Waals surface area contributed by atoms with E-state index >= 15 is 0 Å². The van der Waals surface area contributed by atoms with Gasteiger partial charge < -0.3 is 18.6 Å². The van der Waals surface area contributed by atoms with E-state index < -0.39 is 0 Å². The van der Waals surface area contributed by atoms with Gasteiger partial charge >= 0.3 is 0 Å². The van der Waals surface area contributed by atoms with Crippen molar-refractivity contribution in [2.75, 3.05) is 4.90 Å². The van der Waals surface area contributed by atoms with Gasteiger partial charge in [0.1, 0.15) is 0 Å². The van der Waals surface area contributed by atoms with Crippen molar-refractivity contribution in [3.63, 3.8) is 0 Å². The van der Waals surface area contributed by atoms with E-state index in [0.29, 0.717) is 0 Å². The molecular weight excluding hydrogens is 870 g/mol. The number of fused-ring (bicyclic) bond motifs is 14. The van der Waals surface area contributed by atoms with Crippen LogP contribution in [0, 0.1) is 0 Å². The van der Waals surface area contributed by atoms with Gasteiger partial charge in [-0.05, 0) is 116 Å². The molecule has 0 atom stereocenters. The molecule has 0 radical (unpaired) electrons. The standard InChI is InChI=1S/C66H38B2N4/c1-5-19-39(20-6-1)41-33-47-48-34-42(40-21-7-2-8-22-40)36-52-63(48)72-62(47)51(35-41)67-50-29-15-18-32-56(50)69(43-23-9-3-10-24-43)57-38-58-61(66(72)60(57)67)68(52)53-37-49-45-27-13-16-30-54(45)70(44-25-11-4-12-26-44)64(49)59-46-28-14-17-31-55(46)71(58)65(53)59/h1-38H. The quantitative estimate of drug-likeness (QED) is 0.161. The van der Waals surface area contributed by atoms with Crippen LogP contribution < -0.4 is 37.7 Å². The average molecular weight is 909 g/mol. The SMILES string of the molecule is c1ccc(-c2cc3c4c(c2)c2cc(-c5ccccc5)cc5c2n4-c2c4c(cc6c2B5c2cc5c7ccccc7n(-c7ccccc7)c5c5c7ccccc7n-6c25)N(c2ccccc2)c2ccccc2B43)cc1. The maximum absolute atomic E-state index is 2.74. The zero-order chi connectivity index (χ0) is 46.5. The van der Waals surface area contributed by atoms with E-state index in [2.05, 4.69) is 249 Å². The minimum atomic E-state index is -0.0658. The van der Waals surface area contributed by atoms with Gasteiger partial charge in [-0.1, -0.05) is 170 Å². The molecule has 18 rings (SSSR count). The van der Waals surface area contributed by atoms with Crippen molar-refractivity contribution in [1.29, 1.82) is 0 Å². The Bertz CT molecular complexity index is 4740. The summed E-state index contributed by atoms with van der Waals surface area (Å²) in [6, 6.07) is 87.0. The molecule has 0 amide bonds. The molecule has 3 aromatic heterocycles. The van der Waals surface area contributed by atoms with Crippen molar-refractivity contribution >= 4 is 129 Å². The number of nitrogens with zero attached hydrogens (tertiary/aromatic N) is 4. The van der Waals surface area contributed by atoms with Crippen LogP contribution in [0.25, 0.3) is 105 Å². The third kappa shape index (κ3) is 4.49. The molecule has 4 aliphatic rings. The Labute approximate surface area is 415 Å². The molecule has 0 N–H and O–H groups in total. The molecule has 0 fully saturated rings. The van der Waals surface area contributed by atoms with Gasteiger partial charge in [-0.3, -0.25) is 0 Å². The van der Waals surface area contributed by atoms with Crippen LogP contribution in [0.2, 0.25) is 0 Å². The first-order valence-electron chi connectivity index (χ1n) is 25.3. The van der Waals surface area contributed by atoms with Crippen molar-refractivity contribution < 1.29 is 0 Å². The summed E-state index contributed by atoms with van der Waals surface area (Å²) in [5.74, 6) is 0. The lowest BCUT2D eigenvalue weighted by atomic mass is 9.29. The van der Waals surface area contributed by atoms with Crippen molar-refractivity contribution in [3.8, 4) is 39.3 Å². The third-order valence-electron chi connectivity index (χ3n) is 16.9. The molecule has 0 bridgehead atoms. The van der Waals surface area contributed by atoms with Gasteiger partial charge in [-0.25, -0.2) is 0 Å². The van der Waals surface area contributed by atoms with Gasteiger partial charge in [0.05, 0.1) is 22.1 Å². The highest BCUT2D eigenvalue weighted by molar-refractivity contribution is 7.04. The van der Waals surface area contributed by atoms with E-state index in [1.54, 1.807) is 0 Å². The smallest absolute Gasteiger partial charge is 0.252 e. The van der Waals surface area contributed by atoms with Gasteiger partial charge in [0.15, 0.2) is 0 Å². The molecule has 0 saturated carbocycles. The molecule has 72 heavy (non-hydrogen) atoms. The second-order valence-corrected chi connectivity index (χ2v) is 20.3. The van der Waals surface area contributed by atoms with E-state index in [1.807, 2.05) is 0 Å². The largest absolute Gasteiger partial charge is 0.311 e. The lowest BCUT2D eigenvalue weighted by Gasteiger charge is -2.44. The van der Waals surface area contributed by atoms with Gasteiger partial charge in [0.25, 0.3) is 13.4 Å². The second-order valence-electron chi connectivity index (χ2n) is 20.3. The highest BCUT2D eigenvalue weighted by Gasteiger charge is 2.50. The molecule has 14 aromatic rings. The first-order chi connectivity index (χ1) is 35.8. The van der Waals surface area contributed by atoms with Crippen LogP contribution in [0.15, 0.2) is 231 Å². The summed E-state index contributed by atoms with van der Waals surface area (Å²) in [6.07, 6.45) is 0. The van der Waals surface area contributed by atoms with E-state index in [1.165, 1.54) is 149 Å². The zero-order valence-electron chi connectivity index (χ0n) is 38.9. The lowest BCUT2D eigenvalue weighted by Crippen LogP contribution is -2.67. The second kappa shape index (κ2) is 13.3.